The van der Waals surface area contributed by atoms with Gasteiger partial charge in [-0.05, 0) is 32.0 Å². The van der Waals surface area contributed by atoms with Gasteiger partial charge in [0.15, 0.2) is 6.10 Å². The van der Waals surface area contributed by atoms with Crippen LogP contribution in [0, 0.1) is 0 Å². The van der Waals surface area contributed by atoms with E-state index in [2.05, 4.69) is 26.6 Å². The molecule has 1 aromatic carbocycles. The van der Waals surface area contributed by atoms with E-state index in [4.69, 9.17) is 4.74 Å². The van der Waals surface area contributed by atoms with Crippen molar-refractivity contribution in [3.8, 4) is 5.75 Å². The van der Waals surface area contributed by atoms with Crippen LogP contribution in [0.2, 0.25) is 0 Å². The van der Waals surface area contributed by atoms with Crippen molar-refractivity contribution in [3.63, 3.8) is 0 Å². The molecule has 0 aliphatic heterocycles. The molecule has 3 amide bonds. The molecule has 20 heavy (non-hydrogen) atoms. The van der Waals surface area contributed by atoms with Crippen molar-refractivity contribution in [1.29, 1.82) is 0 Å². The minimum atomic E-state index is -0.869. The molecule has 3 N–H and O–H groups in total. The number of benzene rings is 1. The zero-order chi connectivity index (χ0) is 15.3. The Kier molecular flexibility index (Phi) is 5.97. The van der Waals surface area contributed by atoms with Crippen LogP contribution in [0.3, 0.4) is 0 Å². The molecule has 1 aromatic rings. The second kappa shape index (κ2) is 7.25. The van der Waals surface area contributed by atoms with Gasteiger partial charge in [-0.25, -0.2) is 4.79 Å². The number of hydrogen-bond acceptors (Lipinski definition) is 4. The molecule has 0 saturated heterocycles. The molecule has 0 bridgehead atoms. The number of imide groups is 1. The first-order chi connectivity index (χ1) is 9.35. The Morgan fingerprint density at radius 3 is 2.55 bits per heavy atom. The third-order valence-corrected chi connectivity index (χ3v) is 3.05. The molecule has 6 nitrogen and oxygen atoms in total. The highest BCUT2D eigenvalue weighted by molar-refractivity contribution is 9.10. The summed E-state index contributed by atoms with van der Waals surface area (Å²) in [6, 6.07) is 4.50. The first-order valence-electron chi connectivity index (χ1n) is 6.02. The second-order valence-electron chi connectivity index (χ2n) is 4.19. The Bertz CT molecular complexity index is 505. The van der Waals surface area contributed by atoms with E-state index in [1.54, 1.807) is 25.1 Å². The second-order valence-corrected chi connectivity index (χ2v) is 5.10. The highest BCUT2D eigenvalue weighted by Gasteiger charge is 2.19. The lowest BCUT2D eigenvalue weighted by Gasteiger charge is -2.18. The van der Waals surface area contributed by atoms with Crippen LogP contribution in [0.1, 0.15) is 25.5 Å². The summed E-state index contributed by atoms with van der Waals surface area (Å²) in [5.74, 6) is -0.174. The molecule has 1 rings (SSSR count). The summed E-state index contributed by atoms with van der Waals surface area (Å²) in [6.07, 6.45) is -1.61. The fraction of sp³-hybridized carbons (Fsp3) is 0.385. The van der Waals surface area contributed by atoms with Gasteiger partial charge in [0.25, 0.3) is 5.91 Å². The van der Waals surface area contributed by atoms with Gasteiger partial charge >= 0.3 is 6.03 Å². The van der Waals surface area contributed by atoms with Crippen LogP contribution in [0.15, 0.2) is 22.7 Å². The zero-order valence-corrected chi connectivity index (χ0v) is 13.0. The number of carbonyl (C=O) groups is 2. The van der Waals surface area contributed by atoms with E-state index in [0.717, 1.165) is 4.47 Å². The van der Waals surface area contributed by atoms with Crippen LogP contribution < -0.4 is 15.4 Å². The number of aliphatic hydroxyl groups is 1. The summed E-state index contributed by atoms with van der Waals surface area (Å²) in [5, 5.41) is 14.1. The topological polar surface area (TPSA) is 87.7 Å². The van der Waals surface area contributed by atoms with Crippen LogP contribution in [-0.4, -0.2) is 30.2 Å². The van der Waals surface area contributed by atoms with E-state index in [-0.39, 0.29) is 0 Å². The van der Waals surface area contributed by atoms with Crippen LogP contribution >= 0.6 is 15.9 Å². The molecule has 0 fully saturated rings. The number of aliphatic hydroxyl groups excluding tert-OH is 1. The van der Waals surface area contributed by atoms with Crippen molar-refractivity contribution in [2.75, 3.05) is 7.05 Å². The van der Waals surface area contributed by atoms with Crippen LogP contribution in [0.25, 0.3) is 0 Å². The standard InChI is InChI=1S/C13H17BrN2O4/c1-7(17)10-6-9(14)4-5-11(10)20-8(2)12(18)16-13(19)15-3/h4-8,17H,1-3H3,(H2,15,16,18,19). The van der Waals surface area contributed by atoms with Gasteiger partial charge < -0.3 is 15.2 Å². The van der Waals surface area contributed by atoms with Crippen LogP contribution in [0.5, 0.6) is 5.75 Å². The van der Waals surface area contributed by atoms with Gasteiger partial charge in [0.2, 0.25) is 0 Å². The van der Waals surface area contributed by atoms with Crippen LogP contribution in [0.4, 0.5) is 4.79 Å². The number of hydrogen-bond donors (Lipinski definition) is 3. The number of halogens is 1. The monoisotopic (exact) mass is 344 g/mol. The van der Waals surface area contributed by atoms with Gasteiger partial charge in [0, 0.05) is 17.1 Å². The summed E-state index contributed by atoms with van der Waals surface area (Å²) < 4.78 is 6.29. The Morgan fingerprint density at radius 1 is 1.35 bits per heavy atom. The minimum Gasteiger partial charge on any atom is -0.480 e. The van der Waals surface area contributed by atoms with Gasteiger partial charge in [0.05, 0.1) is 6.10 Å². The maximum Gasteiger partial charge on any atom is 0.321 e. The molecular weight excluding hydrogens is 328 g/mol. The van der Waals surface area contributed by atoms with E-state index in [1.807, 2.05) is 0 Å². The summed E-state index contributed by atoms with van der Waals surface area (Å²) in [4.78, 5) is 22.8. The highest BCUT2D eigenvalue weighted by Crippen LogP contribution is 2.29. The fourth-order valence-electron chi connectivity index (χ4n) is 1.47. The summed E-state index contributed by atoms with van der Waals surface area (Å²) in [5.41, 5.74) is 0.555. The molecule has 0 spiro atoms. The molecule has 0 radical (unpaired) electrons. The number of carbonyl (C=O) groups excluding carboxylic acids is 2. The van der Waals surface area contributed by atoms with Crippen molar-refractivity contribution in [3.05, 3.63) is 28.2 Å². The normalized spacial score (nSPS) is 13.2. The van der Waals surface area contributed by atoms with Gasteiger partial charge in [0.1, 0.15) is 5.75 Å². The largest absolute Gasteiger partial charge is 0.480 e. The van der Waals surface area contributed by atoms with Gasteiger partial charge in [-0.1, -0.05) is 15.9 Å². The van der Waals surface area contributed by atoms with E-state index in [9.17, 15) is 14.7 Å². The molecule has 110 valence electrons. The molecule has 0 saturated carbocycles. The molecular formula is C13H17BrN2O4. The summed E-state index contributed by atoms with van der Waals surface area (Å²) in [7, 11) is 1.41. The average molecular weight is 345 g/mol. The van der Waals surface area contributed by atoms with Gasteiger partial charge in [-0.2, -0.15) is 0 Å². The molecule has 0 heterocycles. The summed E-state index contributed by atoms with van der Waals surface area (Å²) in [6.45, 7) is 3.12. The third kappa shape index (κ3) is 4.50. The Morgan fingerprint density at radius 2 is 2.00 bits per heavy atom. The lowest BCUT2D eigenvalue weighted by atomic mass is 10.1. The highest BCUT2D eigenvalue weighted by atomic mass is 79.9. The van der Waals surface area contributed by atoms with Gasteiger partial charge in [-0.15, -0.1) is 0 Å². The van der Waals surface area contributed by atoms with Crippen molar-refractivity contribution in [2.24, 2.45) is 0 Å². The first-order valence-corrected chi connectivity index (χ1v) is 6.81. The first kappa shape index (κ1) is 16.5. The molecule has 2 atom stereocenters. The predicted molar refractivity (Wildman–Crippen MR) is 77.5 cm³/mol. The Hall–Kier alpha value is -1.60. The SMILES string of the molecule is CNC(=O)NC(=O)C(C)Oc1ccc(Br)cc1C(C)O. The zero-order valence-electron chi connectivity index (χ0n) is 11.4. The average Bonchev–Trinajstić information content (AvgIpc) is 2.40. The molecule has 0 aliphatic carbocycles. The molecule has 2 unspecified atom stereocenters. The van der Waals surface area contributed by atoms with Gasteiger partial charge in [-0.3, -0.25) is 10.1 Å². The number of urea groups is 1. The van der Waals surface area contributed by atoms with Crippen molar-refractivity contribution in [2.45, 2.75) is 26.1 Å². The Labute approximate surface area is 125 Å². The quantitative estimate of drug-likeness (QED) is 0.776. The molecule has 0 aromatic heterocycles. The summed E-state index contributed by atoms with van der Waals surface area (Å²) >= 11 is 3.30. The fourth-order valence-corrected chi connectivity index (χ4v) is 1.85. The number of rotatable bonds is 4. The maximum atomic E-state index is 11.7. The van der Waals surface area contributed by atoms with E-state index >= 15 is 0 Å². The minimum absolute atomic E-state index is 0.391. The van der Waals surface area contributed by atoms with Crippen molar-refractivity contribution < 1.29 is 19.4 Å². The van der Waals surface area contributed by atoms with Crippen molar-refractivity contribution >= 4 is 27.9 Å². The van der Waals surface area contributed by atoms with E-state index < -0.39 is 24.1 Å². The van der Waals surface area contributed by atoms with E-state index in [0.29, 0.717) is 11.3 Å². The van der Waals surface area contributed by atoms with E-state index in [1.165, 1.54) is 14.0 Å². The smallest absolute Gasteiger partial charge is 0.321 e. The maximum absolute atomic E-state index is 11.7. The lowest BCUT2D eigenvalue weighted by molar-refractivity contribution is -0.126. The lowest BCUT2D eigenvalue weighted by Crippen LogP contribution is -2.44. The molecule has 0 aliphatic rings. The third-order valence-electron chi connectivity index (χ3n) is 2.56. The predicted octanol–water partition coefficient (Wildman–Crippen LogP) is 1.73. The van der Waals surface area contributed by atoms with Crippen molar-refractivity contribution in [1.82, 2.24) is 10.6 Å². The van der Waals surface area contributed by atoms with Crippen LogP contribution in [-0.2, 0) is 4.79 Å². The number of ether oxygens (including phenoxy) is 1. The number of amides is 3. The Balaban J connectivity index is 2.82. The number of nitrogens with one attached hydrogen (secondary N) is 2. The molecule has 7 heteroatoms.